The van der Waals surface area contributed by atoms with Crippen molar-refractivity contribution in [2.24, 2.45) is 5.92 Å². The van der Waals surface area contributed by atoms with Gasteiger partial charge in [0.05, 0.1) is 5.69 Å². The first-order valence-electron chi connectivity index (χ1n) is 8.46. The van der Waals surface area contributed by atoms with E-state index in [9.17, 15) is 0 Å². The Morgan fingerprint density at radius 2 is 1.86 bits per heavy atom. The molecule has 0 spiro atoms. The maximum absolute atomic E-state index is 4.99. The Kier molecular flexibility index (Phi) is 8.27. The molecule has 1 rings (SSSR count). The van der Waals surface area contributed by atoms with Crippen molar-refractivity contribution in [2.45, 2.75) is 72.9 Å². The van der Waals surface area contributed by atoms with Crippen LogP contribution in [0.1, 0.15) is 64.5 Å². The first-order valence-corrected chi connectivity index (χ1v) is 9.28. The molecular weight excluding hydrogens is 278 g/mol. The van der Waals surface area contributed by atoms with Crippen molar-refractivity contribution >= 4 is 16.5 Å². The zero-order valence-corrected chi connectivity index (χ0v) is 15.5. The summed E-state index contributed by atoms with van der Waals surface area (Å²) in [5.41, 5.74) is 1.30. The van der Waals surface area contributed by atoms with Crippen molar-refractivity contribution in [1.29, 1.82) is 0 Å². The summed E-state index contributed by atoms with van der Waals surface area (Å²) in [5.74, 6) is 0.664. The Morgan fingerprint density at radius 1 is 1.19 bits per heavy atom. The Morgan fingerprint density at radius 3 is 2.33 bits per heavy atom. The molecule has 4 heteroatoms. The van der Waals surface area contributed by atoms with E-state index in [4.69, 9.17) is 4.98 Å². The first-order chi connectivity index (χ1) is 10.1. The smallest absolute Gasteiger partial charge is 0.186 e. The zero-order chi connectivity index (χ0) is 15.8. The van der Waals surface area contributed by atoms with Crippen LogP contribution in [-0.2, 0) is 13.0 Å². The molecule has 1 N–H and O–H groups in total. The second-order valence-electron chi connectivity index (χ2n) is 6.16. The SMILES string of the molecule is CCCc1nc(N(CC(C)C)C(CC)CC)sc1CNC. The van der Waals surface area contributed by atoms with Crippen LogP contribution in [0, 0.1) is 5.92 Å². The van der Waals surface area contributed by atoms with Crippen LogP contribution >= 0.6 is 11.3 Å². The van der Waals surface area contributed by atoms with E-state index in [0.29, 0.717) is 12.0 Å². The van der Waals surface area contributed by atoms with E-state index < -0.39 is 0 Å². The van der Waals surface area contributed by atoms with Gasteiger partial charge in [0.1, 0.15) is 0 Å². The molecule has 0 bridgehead atoms. The first kappa shape index (κ1) is 18.4. The van der Waals surface area contributed by atoms with Crippen LogP contribution in [0.3, 0.4) is 0 Å². The molecule has 0 aliphatic rings. The summed E-state index contributed by atoms with van der Waals surface area (Å²) in [6.45, 7) is 13.4. The average Bonchev–Trinajstić information content (AvgIpc) is 2.82. The normalized spacial score (nSPS) is 11.6. The highest BCUT2D eigenvalue weighted by Crippen LogP contribution is 2.30. The number of aryl methyl sites for hydroxylation is 1. The van der Waals surface area contributed by atoms with Gasteiger partial charge in [-0.3, -0.25) is 0 Å². The number of hydrogen-bond acceptors (Lipinski definition) is 4. The summed E-state index contributed by atoms with van der Waals surface area (Å²) < 4.78 is 0. The Bertz CT molecular complexity index is 373. The minimum Gasteiger partial charge on any atom is -0.345 e. The quantitative estimate of drug-likeness (QED) is 0.691. The van der Waals surface area contributed by atoms with Gasteiger partial charge >= 0.3 is 0 Å². The Balaban J connectivity index is 3.07. The van der Waals surface area contributed by atoms with Crippen LogP contribution in [0.15, 0.2) is 0 Å². The predicted molar refractivity (Wildman–Crippen MR) is 95.4 cm³/mol. The van der Waals surface area contributed by atoms with Crippen molar-refractivity contribution in [2.75, 3.05) is 18.5 Å². The van der Waals surface area contributed by atoms with Gasteiger partial charge in [0.25, 0.3) is 0 Å². The molecule has 0 saturated heterocycles. The van der Waals surface area contributed by atoms with Gasteiger partial charge in [-0.15, -0.1) is 11.3 Å². The standard InChI is InChI=1S/C17H33N3S/c1-7-10-15-16(11-18-6)21-17(19-15)20(12-13(4)5)14(8-2)9-3/h13-14,18H,7-12H2,1-6H3. The highest BCUT2D eigenvalue weighted by molar-refractivity contribution is 7.15. The number of aromatic nitrogens is 1. The molecule has 0 fully saturated rings. The lowest BCUT2D eigenvalue weighted by atomic mass is 10.1. The second-order valence-corrected chi connectivity index (χ2v) is 7.23. The van der Waals surface area contributed by atoms with Crippen molar-refractivity contribution in [1.82, 2.24) is 10.3 Å². The van der Waals surface area contributed by atoms with E-state index in [0.717, 1.165) is 25.9 Å². The summed E-state index contributed by atoms with van der Waals surface area (Å²) in [7, 11) is 2.02. The van der Waals surface area contributed by atoms with Gasteiger partial charge in [0.2, 0.25) is 0 Å². The molecule has 3 nitrogen and oxygen atoms in total. The van der Waals surface area contributed by atoms with Crippen LogP contribution in [0.5, 0.6) is 0 Å². The van der Waals surface area contributed by atoms with Gasteiger partial charge in [-0.25, -0.2) is 4.98 Å². The van der Waals surface area contributed by atoms with Crippen molar-refractivity contribution in [3.8, 4) is 0 Å². The molecule has 0 atom stereocenters. The fraction of sp³-hybridized carbons (Fsp3) is 0.824. The lowest BCUT2D eigenvalue weighted by molar-refractivity contribution is 0.506. The van der Waals surface area contributed by atoms with E-state index in [-0.39, 0.29) is 0 Å². The third-order valence-electron chi connectivity index (χ3n) is 3.78. The maximum Gasteiger partial charge on any atom is 0.186 e. The second kappa shape index (κ2) is 9.42. The number of thiazole rings is 1. The van der Waals surface area contributed by atoms with Crippen LogP contribution in [-0.4, -0.2) is 24.6 Å². The van der Waals surface area contributed by atoms with Gasteiger partial charge in [0, 0.05) is 24.0 Å². The van der Waals surface area contributed by atoms with Gasteiger partial charge < -0.3 is 10.2 Å². The van der Waals surface area contributed by atoms with Crippen LogP contribution < -0.4 is 10.2 Å². The van der Waals surface area contributed by atoms with E-state index >= 15 is 0 Å². The van der Waals surface area contributed by atoms with E-state index in [1.165, 1.54) is 28.5 Å². The molecule has 0 aliphatic heterocycles. The average molecular weight is 312 g/mol. The molecule has 1 aromatic heterocycles. The molecule has 0 amide bonds. The lowest BCUT2D eigenvalue weighted by Crippen LogP contribution is -2.37. The summed E-state index contributed by atoms with van der Waals surface area (Å²) in [6.07, 6.45) is 4.63. The van der Waals surface area contributed by atoms with Gasteiger partial charge in [-0.05, 0) is 32.2 Å². The van der Waals surface area contributed by atoms with Crippen LogP contribution in [0.25, 0.3) is 0 Å². The Labute approximate surface area is 135 Å². The summed E-state index contributed by atoms with van der Waals surface area (Å²) >= 11 is 1.89. The molecule has 21 heavy (non-hydrogen) atoms. The third-order valence-corrected chi connectivity index (χ3v) is 4.92. The molecular formula is C17H33N3S. The van der Waals surface area contributed by atoms with Gasteiger partial charge in [-0.2, -0.15) is 0 Å². The number of hydrogen-bond donors (Lipinski definition) is 1. The third kappa shape index (κ3) is 5.26. The topological polar surface area (TPSA) is 28.2 Å². The molecule has 1 heterocycles. The molecule has 0 aliphatic carbocycles. The number of nitrogens with zero attached hydrogens (tertiary/aromatic N) is 2. The molecule has 0 radical (unpaired) electrons. The van der Waals surface area contributed by atoms with Crippen molar-refractivity contribution in [3.05, 3.63) is 10.6 Å². The molecule has 0 aromatic carbocycles. The van der Waals surface area contributed by atoms with Crippen molar-refractivity contribution in [3.63, 3.8) is 0 Å². The number of rotatable bonds is 10. The summed E-state index contributed by atoms with van der Waals surface area (Å²) in [6, 6.07) is 0.607. The molecule has 1 aromatic rings. The fourth-order valence-electron chi connectivity index (χ4n) is 2.73. The zero-order valence-electron chi connectivity index (χ0n) is 14.7. The summed E-state index contributed by atoms with van der Waals surface area (Å²) in [5, 5.41) is 4.51. The number of anilines is 1. The monoisotopic (exact) mass is 311 g/mol. The highest BCUT2D eigenvalue weighted by Gasteiger charge is 2.21. The number of nitrogens with one attached hydrogen (secondary N) is 1. The van der Waals surface area contributed by atoms with Crippen molar-refractivity contribution < 1.29 is 0 Å². The van der Waals surface area contributed by atoms with E-state index in [2.05, 4.69) is 44.8 Å². The minimum absolute atomic E-state index is 0.607. The minimum atomic E-state index is 0.607. The maximum atomic E-state index is 4.99. The van der Waals surface area contributed by atoms with E-state index in [1.807, 2.05) is 18.4 Å². The van der Waals surface area contributed by atoms with Crippen LogP contribution in [0.4, 0.5) is 5.13 Å². The molecule has 122 valence electrons. The fourth-order valence-corrected chi connectivity index (χ4v) is 3.93. The lowest BCUT2D eigenvalue weighted by Gasteiger charge is -2.31. The summed E-state index contributed by atoms with van der Waals surface area (Å²) in [4.78, 5) is 8.95. The van der Waals surface area contributed by atoms with Gasteiger partial charge in [0.15, 0.2) is 5.13 Å². The Hall–Kier alpha value is -0.610. The van der Waals surface area contributed by atoms with Crippen LogP contribution in [0.2, 0.25) is 0 Å². The molecule has 0 unspecified atom stereocenters. The highest BCUT2D eigenvalue weighted by atomic mass is 32.1. The predicted octanol–water partition coefficient (Wildman–Crippen LogP) is 4.47. The van der Waals surface area contributed by atoms with E-state index in [1.54, 1.807) is 0 Å². The molecule has 0 saturated carbocycles. The largest absolute Gasteiger partial charge is 0.345 e. The van der Waals surface area contributed by atoms with Gasteiger partial charge in [-0.1, -0.05) is 41.0 Å².